The van der Waals surface area contributed by atoms with Crippen LogP contribution in [0.4, 0.5) is 0 Å². The number of aryl methyl sites for hydroxylation is 1. The van der Waals surface area contributed by atoms with E-state index >= 15 is 0 Å². The first-order valence-electron chi connectivity index (χ1n) is 6.59. The summed E-state index contributed by atoms with van der Waals surface area (Å²) in [4.78, 5) is 12.6. The molecule has 6 heteroatoms. The van der Waals surface area contributed by atoms with Crippen LogP contribution in [0.2, 0.25) is 0 Å². The van der Waals surface area contributed by atoms with Crippen LogP contribution in [0.3, 0.4) is 0 Å². The van der Waals surface area contributed by atoms with Crippen LogP contribution in [0.25, 0.3) is 5.69 Å². The molecule has 104 valence electrons. The van der Waals surface area contributed by atoms with E-state index in [1.165, 1.54) is 0 Å². The molecule has 2 N–H and O–H groups in total. The van der Waals surface area contributed by atoms with Gasteiger partial charge < -0.3 is 10.4 Å². The van der Waals surface area contributed by atoms with Gasteiger partial charge in [-0.15, -0.1) is 0 Å². The zero-order chi connectivity index (χ0) is 14.1. The van der Waals surface area contributed by atoms with Gasteiger partial charge in [-0.1, -0.05) is 12.1 Å². The minimum Gasteiger partial charge on any atom is -0.481 e. The largest absolute Gasteiger partial charge is 0.481 e. The zero-order valence-corrected chi connectivity index (χ0v) is 11.2. The molecule has 2 heterocycles. The maximum atomic E-state index is 11.0. The Morgan fingerprint density at radius 2 is 2.35 bits per heavy atom. The summed E-state index contributed by atoms with van der Waals surface area (Å²) in [6.07, 6.45) is 2.32. The highest BCUT2D eigenvalue weighted by atomic mass is 16.4. The average Bonchev–Trinajstić information content (AvgIpc) is 3.07. The number of hydrogen-bond donors (Lipinski definition) is 2. The van der Waals surface area contributed by atoms with E-state index in [2.05, 4.69) is 15.5 Å². The highest BCUT2D eigenvalue weighted by molar-refractivity contribution is 5.70. The molecule has 2 unspecified atom stereocenters. The molecule has 6 nitrogen and oxygen atoms in total. The van der Waals surface area contributed by atoms with Crippen LogP contribution < -0.4 is 5.32 Å². The van der Waals surface area contributed by atoms with Crippen molar-refractivity contribution >= 4 is 5.97 Å². The van der Waals surface area contributed by atoms with Gasteiger partial charge in [0, 0.05) is 12.6 Å². The Morgan fingerprint density at radius 3 is 3.00 bits per heavy atom. The van der Waals surface area contributed by atoms with Crippen LogP contribution >= 0.6 is 0 Å². The van der Waals surface area contributed by atoms with Crippen LogP contribution in [0, 0.1) is 12.8 Å². The highest BCUT2D eigenvalue weighted by Crippen LogP contribution is 2.28. The monoisotopic (exact) mass is 272 g/mol. The number of nitrogens with one attached hydrogen (secondary N) is 1. The molecule has 0 radical (unpaired) electrons. The smallest absolute Gasteiger partial charge is 0.307 e. The van der Waals surface area contributed by atoms with Crippen LogP contribution in [0.5, 0.6) is 0 Å². The van der Waals surface area contributed by atoms with Crippen LogP contribution in [-0.4, -0.2) is 32.6 Å². The molecular weight excluding hydrogens is 256 g/mol. The molecule has 1 aromatic heterocycles. The predicted octanol–water partition coefficient (Wildman–Crippen LogP) is 1.31. The lowest BCUT2D eigenvalue weighted by Gasteiger charge is -2.11. The first kappa shape index (κ1) is 12.8. The lowest BCUT2D eigenvalue weighted by molar-refractivity contribution is -0.141. The molecule has 1 aliphatic heterocycles. The average molecular weight is 272 g/mol. The van der Waals surface area contributed by atoms with E-state index in [4.69, 9.17) is 5.11 Å². The maximum absolute atomic E-state index is 11.0. The summed E-state index contributed by atoms with van der Waals surface area (Å²) >= 11 is 0. The molecule has 2 atom stereocenters. The highest BCUT2D eigenvalue weighted by Gasteiger charge is 2.30. The Hall–Kier alpha value is -2.21. The van der Waals surface area contributed by atoms with Gasteiger partial charge in [-0.25, -0.2) is 0 Å². The van der Waals surface area contributed by atoms with Gasteiger partial charge in [-0.05, 0) is 31.0 Å². The van der Waals surface area contributed by atoms with Gasteiger partial charge in [0.25, 0.3) is 0 Å². The van der Waals surface area contributed by atoms with Gasteiger partial charge >= 0.3 is 5.97 Å². The maximum Gasteiger partial charge on any atom is 0.307 e. The molecule has 1 aliphatic rings. The molecule has 0 aliphatic carbocycles. The fraction of sp³-hybridized carbons (Fsp3) is 0.357. The van der Waals surface area contributed by atoms with E-state index in [-0.39, 0.29) is 12.0 Å². The fourth-order valence-electron chi connectivity index (χ4n) is 2.51. The Balaban J connectivity index is 1.83. The van der Waals surface area contributed by atoms with Crippen molar-refractivity contribution in [1.29, 1.82) is 0 Å². The van der Waals surface area contributed by atoms with E-state index in [9.17, 15) is 4.79 Å². The molecule has 0 amide bonds. The van der Waals surface area contributed by atoms with E-state index in [0.29, 0.717) is 13.0 Å². The van der Waals surface area contributed by atoms with E-state index in [0.717, 1.165) is 16.9 Å². The SMILES string of the molecule is Cc1cnn(-c2cccc(C3CC(C(=O)O)CN3)c2)n1. The molecule has 0 bridgehead atoms. The van der Waals surface area contributed by atoms with Gasteiger partial charge in [0.2, 0.25) is 0 Å². The summed E-state index contributed by atoms with van der Waals surface area (Å²) in [5.41, 5.74) is 2.82. The first-order valence-corrected chi connectivity index (χ1v) is 6.59. The zero-order valence-electron chi connectivity index (χ0n) is 11.2. The molecule has 0 saturated carbocycles. The lowest BCUT2D eigenvalue weighted by atomic mass is 10.00. The van der Waals surface area contributed by atoms with E-state index < -0.39 is 5.97 Å². The van der Waals surface area contributed by atoms with Crippen molar-refractivity contribution in [3.8, 4) is 5.69 Å². The molecule has 0 spiro atoms. The normalized spacial score (nSPS) is 22.1. The minimum absolute atomic E-state index is 0.0766. The number of aliphatic carboxylic acids is 1. The van der Waals surface area contributed by atoms with Crippen molar-refractivity contribution in [2.45, 2.75) is 19.4 Å². The Bertz CT molecular complexity index is 638. The molecule has 2 aromatic rings. The molecule has 1 aromatic carbocycles. The molecular formula is C14H16N4O2. The topological polar surface area (TPSA) is 80.0 Å². The van der Waals surface area contributed by atoms with Crippen molar-refractivity contribution in [1.82, 2.24) is 20.3 Å². The number of rotatable bonds is 3. The third-order valence-corrected chi connectivity index (χ3v) is 3.59. The molecule has 3 rings (SSSR count). The Morgan fingerprint density at radius 1 is 1.50 bits per heavy atom. The van der Waals surface area contributed by atoms with Crippen LogP contribution in [-0.2, 0) is 4.79 Å². The van der Waals surface area contributed by atoms with Crippen molar-refractivity contribution < 1.29 is 9.90 Å². The van der Waals surface area contributed by atoms with Gasteiger partial charge in [-0.3, -0.25) is 4.79 Å². The van der Waals surface area contributed by atoms with Gasteiger partial charge in [0.05, 0.1) is 23.5 Å². The van der Waals surface area contributed by atoms with Crippen LogP contribution in [0.15, 0.2) is 30.5 Å². The molecule has 1 fully saturated rings. The standard InChI is InChI=1S/C14H16N4O2/c1-9-7-16-18(17-9)12-4-2-3-10(5-12)13-6-11(8-15-13)14(19)20/h2-5,7,11,13,15H,6,8H2,1H3,(H,19,20). The van der Waals surface area contributed by atoms with Crippen molar-refractivity contribution in [3.05, 3.63) is 41.7 Å². The van der Waals surface area contributed by atoms with Gasteiger partial charge in [0.15, 0.2) is 0 Å². The van der Waals surface area contributed by atoms with Crippen molar-refractivity contribution in [3.63, 3.8) is 0 Å². The Labute approximate surface area is 116 Å². The van der Waals surface area contributed by atoms with Crippen LogP contribution in [0.1, 0.15) is 23.7 Å². The Kier molecular flexibility index (Phi) is 3.23. The van der Waals surface area contributed by atoms with Crippen molar-refractivity contribution in [2.24, 2.45) is 5.92 Å². The summed E-state index contributed by atoms with van der Waals surface area (Å²) < 4.78 is 0. The number of aromatic nitrogens is 3. The predicted molar refractivity (Wildman–Crippen MR) is 72.6 cm³/mol. The minimum atomic E-state index is -0.736. The molecule has 20 heavy (non-hydrogen) atoms. The fourth-order valence-corrected chi connectivity index (χ4v) is 2.51. The summed E-state index contributed by atoms with van der Waals surface area (Å²) in [5, 5.41) is 20.8. The summed E-state index contributed by atoms with van der Waals surface area (Å²) in [6.45, 7) is 2.41. The molecule has 1 saturated heterocycles. The van der Waals surface area contributed by atoms with Crippen molar-refractivity contribution in [2.75, 3.05) is 6.54 Å². The van der Waals surface area contributed by atoms with E-state index in [1.807, 2.05) is 31.2 Å². The first-order chi connectivity index (χ1) is 9.63. The lowest BCUT2D eigenvalue weighted by Crippen LogP contribution is -2.17. The third-order valence-electron chi connectivity index (χ3n) is 3.59. The summed E-state index contributed by atoms with van der Waals surface area (Å²) in [5.74, 6) is -1.05. The summed E-state index contributed by atoms with van der Waals surface area (Å²) in [6, 6.07) is 7.96. The third kappa shape index (κ3) is 2.42. The second kappa shape index (κ2) is 5.05. The number of benzene rings is 1. The van der Waals surface area contributed by atoms with Gasteiger partial charge in [0.1, 0.15) is 0 Å². The number of hydrogen-bond acceptors (Lipinski definition) is 4. The van der Waals surface area contributed by atoms with E-state index in [1.54, 1.807) is 11.0 Å². The second-order valence-electron chi connectivity index (χ2n) is 5.10. The number of carboxylic acid groups (broad SMARTS) is 1. The number of nitrogens with zero attached hydrogens (tertiary/aromatic N) is 3. The quantitative estimate of drug-likeness (QED) is 0.880. The second-order valence-corrected chi connectivity index (χ2v) is 5.10. The number of carbonyl (C=O) groups is 1. The van der Waals surface area contributed by atoms with Gasteiger partial charge in [-0.2, -0.15) is 15.0 Å². The number of carboxylic acids is 1. The summed E-state index contributed by atoms with van der Waals surface area (Å²) in [7, 11) is 0.